The summed E-state index contributed by atoms with van der Waals surface area (Å²) in [5.41, 5.74) is 1.11. The summed E-state index contributed by atoms with van der Waals surface area (Å²) in [4.78, 5) is 34.3. The van der Waals surface area contributed by atoms with E-state index in [2.05, 4.69) is 4.90 Å². The van der Waals surface area contributed by atoms with Crippen molar-refractivity contribution in [3.8, 4) is 11.5 Å². The number of nitrogens with zero attached hydrogens (tertiary/aromatic N) is 3. The van der Waals surface area contributed by atoms with Crippen LogP contribution in [0.2, 0.25) is 0 Å². The van der Waals surface area contributed by atoms with Gasteiger partial charge in [-0.25, -0.2) is 9.78 Å². The second-order valence-corrected chi connectivity index (χ2v) is 8.27. The fraction of sp³-hybridized carbons (Fsp3) is 0.348. The highest BCUT2D eigenvalue weighted by atomic mass is 35.5. The minimum absolute atomic E-state index is 0. The molecule has 1 amide bonds. The molecule has 0 bridgehead atoms. The lowest BCUT2D eigenvalue weighted by molar-refractivity contribution is 0.0597. The van der Waals surface area contributed by atoms with Gasteiger partial charge in [0.15, 0.2) is 5.13 Å². The Labute approximate surface area is 203 Å². The van der Waals surface area contributed by atoms with Crippen molar-refractivity contribution in [3.63, 3.8) is 0 Å². The van der Waals surface area contributed by atoms with Crippen molar-refractivity contribution >= 4 is 51.0 Å². The molecule has 178 valence electrons. The monoisotopic (exact) mass is 493 g/mol. The van der Waals surface area contributed by atoms with Crippen molar-refractivity contribution in [2.75, 3.05) is 53.4 Å². The molecule has 3 aromatic rings. The number of ether oxygens (including phenoxy) is 3. The molecule has 1 aromatic heterocycles. The maximum absolute atomic E-state index is 13.7. The van der Waals surface area contributed by atoms with E-state index in [4.69, 9.17) is 19.2 Å². The van der Waals surface area contributed by atoms with Gasteiger partial charge in [0.2, 0.25) is 0 Å². The Morgan fingerprint density at radius 2 is 1.58 bits per heavy atom. The van der Waals surface area contributed by atoms with Gasteiger partial charge in [0, 0.05) is 6.54 Å². The lowest BCUT2D eigenvalue weighted by Gasteiger charge is -2.22. The molecule has 2 aromatic carbocycles. The number of carbonyl (C=O) groups is 2. The summed E-state index contributed by atoms with van der Waals surface area (Å²) >= 11 is 1.35. The van der Waals surface area contributed by atoms with E-state index in [0.29, 0.717) is 28.7 Å². The number of thiazole rings is 1. The fourth-order valence-corrected chi connectivity index (χ4v) is 4.42. The highest BCUT2D eigenvalue weighted by Crippen LogP contribution is 2.40. The number of fused-ring (bicyclic) bond motifs is 1. The average molecular weight is 494 g/mol. The predicted octanol–water partition coefficient (Wildman–Crippen LogP) is 4.12. The smallest absolute Gasteiger partial charge is 0.338 e. The van der Waals surface area contributed by atoms with E-state index in [0.717, 1.165) is 17.7 Å². The van der Waals surface area contributed by atoms with E-state index < -0.39 is 5.97 Å². The first kappa shape index (κ1) is 26.4. The van der Waals surface area contributed by atoms with Gasteiger partial charge < -0.3 is 19.1 Å². The Kier molecular flexibility index (Phi) is 9.45. The van der Waals surface area contributed by atoms with E-state index in [1.807, 2.05) is 20.2 Å². The first-order chi connectivity index (χ1) is 15.4. The number of benzene rings is 2. The number of rotatable bonds is 9. The Bertz CT molecular complexity index is 1080. The molecular formula is C23H28ClN3O5S. The maximum atomic E-state index is 13.7. The molecule has 0 saturated heterocycles. The molecule has 0 saturated carbocycles. The van der Waals surface area contributed by atoms with Crippen molar-refractivity contribution in [3.05, 3.63) is 47.5 Å². The Hall–Kier alpha value is -2.88. The summed E-state index contributed by atoms with van der Waals surface area (Å²) in [6.07, 6.45) is 0.726. The Morgan fingerprint density at radius 3 is 2.18 bits per heavy atom. The van der Waals surface area contributed by atoms with Gasteiger partial charge in [-0.05, 0) is 51.3 Å². The van der Waals surface area contributed by atoms with Gasteiger partial charge in [-0.2, -0.15) is 0 Å². The second kappa shape index (κ2) is 11.8. The number of esters is 1. The lowest BCUT2D eigenvalue weighted by Crippen LogP contribution is -2.34. The number of halogens is 1. The zero-order chi connectivity index (χ0) is 23.3. The van der Waals surface area contributed by atoms with E-state index in [-0.39, 0.29) is 29.4 Å². The fourth-order valence-electron chi connectivity index (χ4n) is 3.32. The maximum Gasteiger partial charge on any atom is 0.338 e. The summed E-state index contributed by atoms with van der Waals surface area (Å²) in [6, 6.07) is 10.2. The van der Waals surface area contributed by atoms with Crippen LogP contribution in [-0.4, -0.2) is 70.3 Å². The molecule has 3 rings (SSSR count). The normalized spacial score (nSPS) is 10.6. The SMILES string of the molecule is COC(=O)c1ccccc1C(=O)N(CCCN(C)C)c1nc2c(OC)ccc(OC)c2s1.Cl. The summed E-state index contributed by atoms with van der Waals surface area (Å²) in [6.45, 7) is 1.22. The van der Waals surface area contributed by atoms with Crippen LogP contribution in [0.3, 0.4) is 0 Å². The zero-order valence-corrected chi connectivity index (χ0v) is 20.9. The number of hydrogen-bond acceptors (Lipinski definition) is 8. The first-order valence-electron chi connectivity index (χ1n) is 10.1. The largest absolute Gasteiger partial charge is 0.495 e. The van der Waals surface area contributed by atoms with Gasteiger partial charge in [0.1, 0.15) is 21.7 Å². The number of amides is 1. The minimum atomic E-state index is -0.560. The molecule has 0 atom stereocenters. The van der Waals surface area contributed by atoms with Crippen molar-refractivity contribution in [2.45, 2.75) is 6.42 Å². The molecular weight excluding hydrogens is 466 g/mol. The molecule has 0 aliphatic heterocycles. The summed E-state index contributed by atoms with van der Waals surface area (Å²) in [5.74, 6) is 0.371. The topological polar surface area (TPSA) is 81.2 Å². The van der Waals surface area contributed by atoms with Gasteiger partial charge in [0.25, 0.3) is 5.91 Å². The van der Waals surface area contributed by atoms with Gasteiger partial charge in [-0.1, -0.05) is 23.5 Å². The highest BCUT2D eigenvalue weighted by Gasteiger charge is 2.26. The second-order valence-electron chi connectivity index (χ2n) is 7.30. The molecule has 0 unspecified atom stereocenters. The predicted molar refractivity (Wildman–Crippen MR) is 133 cm³/mol. The van der Waals surface area contributed by atoms with Gasteiger partial charge >= 0.3 is 5.97 Å². The molecule has 0 fully saturated rings. The third kappa shape index (κ3) is 5.73. The van der Waals surface area contributed by atoms with Crippen LogP contribution in [0.4, 0.5) is 5.13 Å². The number of aromatic nitrogens is 1. The van der Waals surface area contributed by atoms with Crippen LogP contribution in [0.5, 0.6) is 11.5 Å². The van der Waals surface area contributed by atoms with Gasteiger partial charge in [-0.15, -0.1) is 12.4 Å². The van der Waals surface area contributed by atoms with E-state index >= 15 is 0 Å². The van der Waals surface area contributed by atoms with Crippen LogP contribution in [0, 0.1) is 0 Å². The first-order valence-corrected chi connectivity index (χ1v) is 10.9. The van der Waals surface area contributed by atoms with Crippen molar-refractivity contribution < 1.29 is 23.8 Å². The summed E-state index contributed by atoms with van der Waals surface area (Å²) in [5, 5.41) is 0.506. The average Bonchev–Trinajstić information content (AvgIpc) is 3.25. The molecule has 0 aliphatic carbocycles. The molecule has 0 N–H and O–H groups in total. The van der Waals surface area contributed by atoms with Crippen LogP contribution < -0.4 is 14.4 Å². The van der Waals surface area contributed by atoms with E-state index in [1.54, 1.807) is 49.5 Å². The molecule has 10 heteroatoms. The standard InChI is InChI=1S/C23H27N3O5S.ClH/c1-25(2)13-8-14-26(21(27)15-9-6-7-10-16(15)22(28)31-5)23-24-19-17(29-3)11-12-18(30-4)20(19)32-23;/h6-7,9-12H,8,13-14H2,1-5H3;1H. The summed E-state index contributed by atoms with van der Waals surface area (Å²) in [7, 11) is 8.42. The van der Waals surface area contributed by atoms with Gasteiger partial charge in [0.05, 0.1) is 32.5 Å². The molecule has 33 heavy (non-hydrogen) atoms. The molecule has 0 aliphatic rings. The van der Waals surface area contributed by atoms with E-state index in [1.165, 1.54) is 18.4 Å². The van der Waals surface area contributed by atoms with Crippen LogP contribution in [0.1, 0.15) is 27.1 Å². The van der Waals surface area contributed by atoms with Crippen LogP contribution >= 0.6 is 23.7 Å². The molecule has 0 radical (unpaired) electrons. The third-order valence-electron chi connectivity index (χ3n) is 4.92. The minimum Gasteiger partial charge on any atom is -0.495 e. The van der Waals surface area contributed by atoms with Crippen LogP contribution in [0.15, 0.2) is 36.4 Å². The highest BCUT2D eigenvalue weighted by molar-refractivity contribution is 7.22. The van der Waals surface area contributed by atoms with Crippen LogP contribution in [-0.2, 0) is 4.74 Å². The lowest BCUT2D eigenvalue weighted by atomic mass is 10.1. The van der Waals surface area contributed by atoms with Crippen LogP contribution in [0.25, 0.3) is 10.2 Å². The Balaban J connectivity index is 0.00000385. The van der Waals surface area contributed by atoms with Gasteiger partial charge in [-0.3, -0.25) is 9.69 Å². The zero-order valence-electron chi connectivity index (χ0n) is 19.3. The molecule has 1 heterocycles. The molecule has 8 nitrogen and oxygen atoms in total. The number of anilines is 1. The Morgan fingerprint density at radius 1 is 0.939 bits per heavy atom. The number of methoxy groups -OCH3 is 3. The third-order valence-corrected chi connectivity index (χ3v) is 6.02. The van der Waals surface area contributed by atoms with E-state index in [9.17, 15) is 9.59 Å². The number of hydrogen-bond donors (Lipinski definition) is 0. The van der Waals surface area contributed by atoms with Crippen molar-refractivity contribution in [2.24, 2.45) is 0 Å². The number of carbonyl (C=O) groups excluding carboxylic acids is 2. The van der Waals surface area contributed by atoms with Crippen molar-refractivity contribution in [1.29, 1.82) is 0 Å². The summed E-state index contributed by atoms with van der Waals surface area (Å²) < 4.78 is 16.6. The van der Waals surface area contributed by atoms with Crippen molar-refractivity contribution in [1.82, 2.24) is 9.88 Å². The quantitative estimate of drug-likeness (QED) is 0.415. The molecule has 0 spiro atoms.